The molecule has 0 bridgehead atoms. The van der Waals surface area contributed by atoms with Crippen LogP contribution in [0.3, 0.4) is 0 Å². The molecule has 0 unspecified atom stereocenters. The molecule has 1 aromatic carbocycles. The van der Waals surface area contributed by atoms with Crippen molar-refractivity contribution in [3.05, 3.63) is 30.5 Å². The summed E-state index contributed by atoms with van der Waals surface area (Å²) in [4.78, 5) is 19.5. The zero-order valence-corrected chi connectivity index (χ0v) is 12.5. The second kappa shape index (κ2) is 6.52. The number of carboxylic acid groups (broad SMARTS) is 1. The first-order valence-corrected chi connectivity index (χ1v) is 7.14. The number of carbonyl (C=O) groups is 1. The van der Waals surface area contributed by atoms with Gasteiger partial charge in [-0.25, -0.2) is 4.98 Å². The van der Waals surface area contributed by atoms with Crippen LogP contribution in [0.15, 0.2) is 30.5 Å². The van der Waals surface area contributed by atoms with Crippen molar-refractivity contribution in [3.63, 3.8) is 0 Å². The molecule has 0 fully saturated rings. The summed E-state index contributed by atoms with van der Waals surface area (Å²) in [6, 6.07) is 7.75. The first-order valence-electron chi connectivity index (χ1n) is 7.14. The minimum atomic E-state index is -0.739. The second-order valence-corrected chi connectivity index (χ2v) is 5.98. The van der Waals surface area contributed by atoms with Gasteiger partial charge in [-0.1, -0.05) is 26.0 Å². The van der Waals surface area contributed by atoms with Crippen molar-refractivity contribution < 1.29 is 9.90 Å². The lowest BCUT2D eigenvalue weighted by Crippen LogP contribution is -2.18. The van der Waals surface area contributed by atoms with Crippen LogP contribution in [0, 0.1) is 5.41 Å². The highest BCUT2D eigenvalue weighted by atomic mass is 16.4. The summed E-state index contributed by atoms with van der Waals surface area (Å²) in [5, 5.41) is 12.0. The van der Waals surface area contributed by atoms with Gasteiger partial charge in [0.25, 0.3) is 0 Å². The topological polar surface area (TPSA) is 75.1 Å². The number of anilines is 1. The first kappa shape index (κ1) is 15.2. The number of aromatic nitrogens is 2. The molecule has 0 saturated carbocycles. The van der Waals surface area contributed by atoms with Crippen LogP contribution in [0.25, 0.3) is 11.0 Å². The number of benzene rings is 1. The molecule has 5 heteroatoms. The van der Waals surface area contributed by atoms with Crippen molar-refractivity contribution in [1.29, 1.82) is 0 Å². The Bertz CT molecular complexity index is 626. The quantitative estimate of drug-likeness (QED) is 0.817. The zero-order chi connectivity index (χ0) is 15.3. The maximum absolute atomic E-state index is 10.6. The van der Waals surface area contributed by atoms with Crippen molar-refractivity contribution >= 4 is 22.8 Å². The van der Waals surface area contributed by atoms with Gasteiger partial charge in [-0.3, -0.25) is 9.78 Å². The molecule has 2 rings (SSSR count). The molecule has 5 nitrogen and oxygen atoms in total. The van der Waals surface area contributed by atoms with Gasteiger partial charge >= 0.3 is 5.97 Å². The van der Waals surface area contributed by atoms with Crippen LogP contribution in [0.2, 0.25) is 0 Å². The lowest BCUT2D eigenvalue weighted by Gasteiger charge is -2.23. The molecule has 0 spiro atoms. The van der Waals surface area contributed by atoms with E-state index in [9.17, 15) is 4.79 Å². The number of rotatable bonds is 7. The molecule has 0 aliphatic rings. The van der Waals surface area contributed by atoms with Gasteiger partial charge < -0.3 is 10.4 Å². The summed E-state index contributed by atoms with van der Waals surface area (Å²) in [6.07, 6.45) is 3.50. The Labute approximate surface area is 124 Å². The fourth-order valence-corrected chi connectivity index (χ4v) is 2.14. The van der Waals surface area contributed by atoms with Crippen molar-refractivity contribution in [2.24, 2.45) is 5.41 Å². The Morgan fingerprint density at radius 2 is 1.95 bits per heavy atom. The van der Waals surface area contributed by atoms with E-state index in [1.807, 2.05) is 24.3 Å². The fraction of sp³-hybridized carbons (Fsp3) is 0.438. The number of para-hydroxylation sites is 2. The van der Waals surface area contributed by atoms with E-state index in [-0.39, 0.29) is 11.8 Å². The van der Waals surface area contributed by atoms with Crippen LogP contribution < -0.4 is 5.32 Å². The van der Waals surface area contributed by atoms with Crippen molar-refractivity contribution in [3.8, 4) is 0 Å². The van der Waals surface area contributed by atoms with Gasteiger partial charge in [-0.05, 0) is 30.4 Å². The molecule has 2 aromatic rings. The number of hydrogen-bond donors (Lipinski definition) is 2. The van der Waals surface area contributed by atoms with Crippen LogP contribution in [-0.4, -0.2) is 27.6 Å². The normalized spacial score (nSPS) is 11.5. The molecule has 0 aliphatic heterocycles. The molecule has 0 aliphatic carbocycles. The van der Waals surface area contributed by atoms with Gasteiger partial charge in [0.15, 0.2) is 0 Å². The van der Waals surface area contributed by atoms with Crippen molar-refractivity contribution in [1.82, 2.24) is 9.97 Å². The average Bonchev–Trinajstić information content (AvgIpc) is 2.45. The Morgan fingerprint density at radius 3 is 2.67 bits per heavy atom. The van der Waals surface area contributed by atoms with Crippen LogP contribution in [0.4, 0.5) is 5.82 Å². The van der Waals surface area contributed by atoms with Gasteiger partial charge in [0.2, 0.25) is 0 Å². The van der Waals surface area contributed by atoms with Gasteiger partial charge in [0.05, 0.1) is 17.2 Å². The number of carboxylic acids is 1. The molecule has 21 heavy (non-hydrogen) atoms. The molecule has 1 heterocycles. The predicted octanol–water partition coefficient (Wildman–Crippen LogP) is 3.32. The van der Waals surface area contributed by atoms with Gasteiger partial charge in [-0.2, -0.15) is 0 Å². The maximum atomic E-state index is 10.6. The van der Waals surface area contributed by atoms with Gasteiger partial charge in [-0.15, -0.1) is 0 Å². The molecule has 2 N–H and O–H groups in total. The Hall–Kier alpha value is -2.17. The second-order valence-electron chi connectivity index (χ2n) is 5.98. The van der Waals surface area contributed by atoms with E-state index in [1.165, 1.54) is 0 Å². The average molecular weight is 287 g/mol. The number of nitrogens with one attached hydrogen (secondary N) is 1. The summed E-state index contributed by atoms with van der Waals surface area (Å²) < 4.78 is 0. The maximum Gasteiger partial charge on any atom is 0.303 e. The standard InChI is InChI=1S/C16H21N3O2/c1-16(2,8-7-15(20)21)9-10-17-14-11-18-12-5-3-4-6-13(12)19-14/h3-6,11H,7-10H2,1-2H3,(H,17,19)(H,20,21). The third kappa shape index (κ3) is 4.70. The van der Waals surface area contributed by atoms with E-state index in [4.69, 9.17) is 5.11 Å². The first-order chi connectivity index (χ1) is 9.96. The highest BCUT2D eigenvalue weighted by molar-refractivity contribution is 5.75. The molecule has 112 valence electrons. The van der Waals surface area contributed by atoms with Crippen LogP contribution in [0.1, 0.15) is 33.1 Å². The van der Waals surface area contributed by atoms with Gasteiger partial charge in [0.1, 0.15) is 5.82 Å². The summed E-state index contributed by atoms with van der Waals surface area (Å²) in [6.45, 7) is 4.92. The summed E-state index contributed by atoms with van der Waals surface area (Å²) >= 11 is 0. The SMILES string of the molecule is CC(C)(CCNc1cnc2ccccc2n1)CCC(=O)O. The van der Waals surface area contributed by atoms with Crippen molar-refractivity contribution in [2.75, 3.05) is 11.9 Å². The van der Waals surface area contributed by atoms with Crippen LogP contribution in [-0.2, 0) is 4.79 Å². The van der Waals surface area contributed by atoms with Crippen LogP contribution in [0.5, 0.6) is 0 Å². The van der Waals surface area contributed by atoms with Crippen molar-refractivity contribution in [2.45, 2.75) is 33.1 Å². The Kier molecular flexibility index (Phi) is 4.73. The monoisotopic (exact) mass is 287 g/mol. The lowest BCUT2D eigenvalue weighted by atomic mass is 9.84. The van der Waals surface area contributed by atoms with E-state index in [1.54, 1.807) is 6.20 Å². The Morgan fingerprint density at radius 1 is 1.24 bits per heavy atom. The van der Waals surface area contributed by atoms with Gasteiger partial charge in [0, 0.05) is 13.0 Å². The minimum Gasteiger partial charge on any atom is -0.481 e. The highest BCUT2D eigenvalue weighted by Gasteiger charge is 2.18. The number of fused-ring (bicyclic) bond motifs is 1. The summed E-state index contributed by atoms with van der Waals surface area (Å²) in [7, 11) is 0. The third-order valence-corrected chi connectivity index (χ3v) is 3.57. The Balaban J connectivity index is 1.88. The molecule has 0 saturated heterocycles. The predicted molar refractivity (Wildman–Crippen MR) is 83.3 cm³/mol. The fourth-order valence-electron chi connectivity index (χ4n) is 2.14. The molecule has 0 amide bonds. The molecule has 0 atom stereocenters. The molecular formula is C16H21N3O2. The largest absolute Gasteiger partial charge is 0.481 e. The zero-order valence-electron chi connectivity index (χ0n) is 12.5. The number of aliphatic carboxylic acids is 1. The minimum absolute atomic E-state index is 0.00430. The van der Waals surface area contributed by atoms with E-state index in [0.717, 1.165) is 29.8 Å². The lowest BCUT2D eigenvalue weighted by molar-refractivity contribution is -0.137. The molecular weight excluding hydrogens is 266 g/mol. The molecule has 1 aromatic heterocycles. The summed E-state index contributed by atoms with van der Waals surface area (Å²) in [5.41, 5.74) is 1.74. The summed E-state index contributed by atoms with van der Waals surface area (Å²) in [5.74, 6) is 0.0131. The highest BCUT2D eigenvalue weighted by Crippen LogP contribution is 2.26. The van der Waals surface area contributed by atoms with E-state index in [2.05, 4.69) is 29.1 Å². The number of nitrogens with zero attached hydrogens (tertiary/aromatic N) is 2. The van der Waals surface area contributed by atoms with Crippen LogP contribution >= 0.6 is 0 Å². The molecule has 0 radical (unpaired) electrons. The van der Waals surface area contributed by atoms with E-state index >= 15 is 0 Å². The van der Waals surface area contributed by atoms with E-state index in [0.29, 0.717) is 6.42 Å². The number of hydrogen-bond acceptors (Lipinski definition) is 4. The third-order valence-electron chi connectivity index (χ3n) is 3.57. The van der Waals surface area contributed by atoms with E-state index < -0.39 is 5.97 Å². The smallest absolute Gasteiger partial charge is 0.303 e.